The summed E-state index contributed by atoms with van der Waals surface area (Å²) in [5, 5.41) is 1.06. The molecule has 0 N–H and O–H groups in total. The van der Waals surface area contributed by atoms with Crippen LogP contribution in [0.25, 0.3) is 17.0 Å². The monoisotopic (exact) mass is 406 g/mol. The van der Waals surface area contributed by atoms with Crippen LogP contribution >= 0.6 is 0 Å². The van der Waals surface area contributed by atoms with Gasteiger partial charge in [0.25, 0.3) is 0 Å². The van der Waals surface area contributed by atoms with Gasteiger partial charge in [-0.3, -0.25) is 0 Å². The van der Waals surface area contributed by atoms with Gasteiger partial charge in [-0.15, -0.1) is 0 Å². The molecule has 0 saturated heterocycles. The molecule has 0 radical (unpaired) electrons. The van der Waals surface area contributed by atoms with E-state index in [1.807, 2.05) is 0 Å². The Morgan fingerprint density at radius 1 is 1.10 bits per heavy atom. The predicted octanol–water partition coefficient (Wildman–Crippen LogP) is 6.47. The number of hydrogen-bond donors (Lipinski definition) is 0. The van der Waals surface area contributed by atoms with Crippen molar-refractivity contribution in [3.05, 3.63) is 95.1 Å². The SMILES string of the molecule is CC(C)C(C)c1cc[n+]2c(c1)C1c3oc4cc(C5C=CC=CC5)c#cc4c3C=CC1C2. The molecule has 2 heteroatoms. The zero-order valence-corrected chi connectivity index (χ0v) is 18.4. The average molecular weight is 407 g/mol. The Morgan fingerprint density at radius 2 is 2.00 bits per heavy atom. The van der Waals surface area contributed by atoms with E-state index in [0.29, 0.717) is 23.7 Å². The van der Waals surface area contributed by atoms with Gasteiger partial charge in [-0.05, 0) is 29.9 Å². The van der Waals surface area contributed by atoms with Crippen molar-refractivity contribution in [2.24, 2.45) is 11.8 Å². The maximum atomic E-state index is 6.58. The lowest BCUT2D eigenvalue weighted by Gasteiger charge is -2.17. The minimum Gasteiger partial charge on any atom is -0.459 e. The van der Waals surface area contributed by atoms with Gasteiger partial charge in [0.05, 0.1) is 11.3 Å². The van der Waals surface area contributed by atoms with E-state index in [0.717, 1.165) is 35.3 Å². The largest absolute Gasteiger partial charge is 0.459 e. The van der Waals surface area contributed by atoms with Gasteiger partial charge in [0.1, 0.15) is 17.3 Å². The lowest BCUT2D eigenvalue weighted by atomic mass is 9.82. The standard InChI is InChI=1S/C29H28NO/c1-18(2)19(3)21-13-14-30-17-23-10-12-25-24-11-9-22(20-7-5-4-6-8-20)16-27(24)31-29(25)28(23)26(30)15-21/h4-7,10,12-16,18-20,23,28H,8,17H2,1-3H3/q+1. The third-order valence-electron chi connectivity index (χ3n) is 7.57. The van der Waals surface area contributed by atoms with Crippen molar-refractivity contribution in [3.8, 4) is 0 Å². The van der Waals surface area contributed by atoms with Gasteiger partial charge in [-0.1, -0.05) is 69.4 Å². The molecular weight excluding hydrogens is 378 g/mol. The van der Waals surface area contributed by atoms with E-state index < -0.39 is 0 Å². The summed E-state index contributed by atoms with van der Waals surface area (Å²) >= 11 is 0. The number of aromatic nitrogens is 1. The van der Waals surface area contributed by atoms with E-state index in [1.54, 1.807) is 0 Å². The van der Waals surface area contributed by atoms with Crippen LogP contribution in [0.3, 0.4) is 0 Å². The molecular formula is C29H28NO+. The van der Waals surface area contributed by atoms with Crippen LogP contribution in [0.1, 0.15) is 73.1 Å². The highest BCUT2D eigenvalue weighted by Crippen LogP contribution is 2.45. The molecule has 3 aromatic rings. The summed E-state index contributed by atoms with van der Waals surface area (Å²) in [6.45, 7) is 7.95. The zero-order valence-electron chi connectivity index (χ0n) is 18.4. The Balaban J connectivity index is 1.44. The number of pyridine rings is 1. The van der Waals surface area contributed by atoms with E-state index in [1.165, 1.54) is 16.8 Å². The molecule has 2 aromatic heterocycles. The molecule has 0 fully saturated rings. The first-order valence-corrected chi connectivity index (χ1v) is 11.5. The van der Waals surface area contributed by atoms with Crippen LogP contribution in [0, 0.1) is 24.0 Å². The van der Waals surface area contributed by atoms with E-state index in [-0.39, 0.29) is 5.92 Å². The zero-order chi connectivity index (χ0) is 21.1. The molecule has 3 heterocycles. The molecule has 4 unspecified atom stereocenters. The lowest BCUT2D eigenvalue weighted by molar-refractivity contribution is -0.693. The normalized spacial score (nSPS) is 24.2. The Hall–Kier alpha value is -3.05. The van der Waals surface area contributed by atoms with Crippen molar-refractivity contribution in [1.29, 1.82) is 0 Å². The highest BCUT2D eigenvalue weighted by atomic mass is 16.3. The fourth-order valence-corrected chi connectivity index (χ4v) is 5.37. The Bertz CT molecular complexity index is 1260. The highest BCUT2D eigenvalue weighted by molar-refractivity contribution is 5.88. The van der Waals surface area contributed by atoms with Gasteiger partial charge < -0.3 is 4.42 Å². The van der Waals surface area contributed by atoms with Gasteiger partial charge >= 0.3 is 0 Å². The summed E-state index contributed by atoms with van der Waals surface area (Å²) in [6.07, 6.45) is 16.6. The van der Waals surface area contributed by atoms with Crippen LogP contribution in [-0.4, -0.2) is 0 Å². The van der Waals surface area contributed by atoms with Gasteiger partial charge in [-0.2, -0.15) is 0 Å². The van der Waals surface area contributed by atoms with Crippen LogP contribution in [-0.2, 0) is 6.54 Å². The summed E-state index contributed by atoms with van der Waals surface area (Å²) in [5.41, 5.74) is 6.10. The van der Waals surface area contributed by atoms with E-state index in [4.69, 9.17) is 4.42 Å². The molecule has 31 heavy (non-hydrogen) atoms. The number of furan rings is 1. The molecule has 0 bridgehead atoms. The summed E-state index contributed by atoms with van der Waals surface area (Å²) in [5.74, 6) is 3.36. The number of nitrogens with zero attached hydrogens (tertiary/aromatic N) is 1. The molecule has 2 aliphatic carbocycles. The first-order chi connectivity index (χ1) is 15.1. The van der Waals surface area contributed by atoms with Gasteiger partial charge in [-0.25, -0.2) is 4.57 Å². The molecule has 2 nitrogen and oxygen atoms in total. The number of allylic oxidation sites excluding steroid dienone is 5. The molecule has 1 aromatic carbocycles. The molecule has 154 valence electrons. The molecule has 4 atom stereocenters. The third-order valence-corrected chi connectivity index (χ3v) is 7.57. The van der Waals surface area contributed by atoms with Crippen molar-refractivity contribution in [3.63, 3.8) is 0 Å². The van der Waals surface area contributed by atoms with Crippen LogP contribution < -0.4 is 4.57 Å². The van der Waals surface area contributed by atoms with Gasteiger partial charge in [0, 0.05) is 29.2 Å². The minimum atomic E-state index is 0.279. The number of hydrogen-bond acceptors (Lipinski definition) is 1. The summed E-state index contributed by atoms with van der Waals surface area (Å²) in [7, 11) is 0. The second-order valence-corrected chi connectivity index (χ2v) is 9.69. The Morgan fingerprint density at radius 3 is 2.81 bits per heavy atom. The fraction of sp³-hybridized carbons (Fsp3) is 0.345. The van der Waals surface area contributed by atoms with E-state index in [9.17, 15) is 0 Å². The van der Waals surface area contributed by atoms with Crippen LogP contribution in [0.2, 0.25) is 0 Å². The first kappa shape index (κ1) is 18.7. The van der Waals surface area contributed by atoms with E-state index >= 15 is 0 Å². The predicted molar refractivity (Wildman–Crippen MR) is 124 cm³/mol. The van der Waals surface area contributed by atoms with Gasteiger partial charge in [0.2, 0.25) is 0 Å². The second-order valence-electron chi connectivity index (χ2n) is 9.69. The van der Waals surface area contributed by atoms with Crippen LogP contribution in [0.5, 0.6) is 0 Å². The van der Waals surface area contributed by atoms with E-state index in [2.05, 4.69) is 98.3 Å². The molecule has 1 aliphatic heterocycles. The minimum absolute atomic E-state index is 0.279. The first-order valence-electron chi connectivity index (χ1n) is 11.5. The molecule has 6 rings (SSSR count). The molecule has 0 amide bonds. The molecule has 0 spiro atoms. The summed E-state index contributed by atoms with van der Waals surface area (Å²) < 4.78 is 9.00. The van der Waals surface area contributed by atoms with Crippen LogP contribution in [0.15, 0.2) is 59.2 Å². The van der Waals surface area contributed by atoms with Crippen LogP contribution in [0.4, 0.5) is 0 Å². The fourth-order valence-electron chi connectivity index (χ4n) is 5.37. The van der Waals surface area contributed by atoms with Crippen molar-refractivity contribution in [1.82, 2.24) is 0 Å². The molecule has 0 saturated carbocycles. The second kappa shape index (κ2) is 6.99. The summed E-state index contributed by atoms with van der Waals surface area (Å²) in [4.78, 5) is 0. The topological polar surface area (TPSA) is 17.0 Å². The maximum Gasteiger partial charge on any atom is 0.193 e. The average Bonchev–Trinajstić information content (AvgIpc) is 3.35. The highest BCUT2D eigenvalue weighted by Gasteiger charge is 2.45. The van der Waals surface area contributed by atoms with Gasteiger partial charge in [0.15, 0.2) is 18.4 Å². The van der Waals surface area contributed by atoms with Crippen molar-refractivity contribution >= 4 is 17.0 Å². The lowest BCUT2D eigenvalue weighted by Crippen LogP contribution is -2.33. The molecule has 3 aliphatic rings. The van der Waals surface area contributed by atoms with Crippen molar-refractivity contribution in [2.45, 2.75) is 51.5 Å². The summed E-state index contributed by atoms with van der Waals surface area (Å²) in [6, 6.07) is 13.8. The Labute approximate surface area is 184 Å². The number of fused-ring (bicyclic) bond motifs is 7. The Kier molecular flexibility index (Phi) is 4.22. The quantitative estimate of drug-likeness (QED) is 0.456. The number of rotatable bonds is 3. The third kappa shape index (κ3) is 2.91. The van der Waals surface area contributed by atoms with Crippen molar-refractivity contribution < 1.29 is 8.98 Å². The van der Waals surface area contributed by atoms with Crippen molar-refractivity contribution in [2.75, 3.05) is 0 Å². The maximum absolute atomic E-state index is 6.58. The smallest absolute Gasteiger partial charge is 0.193 e.